The Morgan fingerprint density at radius 1 is 1.16 bits per heavy atom. The quantitative estimate of drug-likeness (QED) is 0.412. The highest BCUT2D eigenvalue weighted by atomic mass is 16.2. The second kappa shape index (κ2) is 6.95. The van der Waals surface area contributed by atoms with Crippen LogP contribution in [0.4, 0.5) is 4.79 Å². The van der Waals surface area contributed by atoms with E-state index in [2.05, 4.69) is 11.9 Å². The Morgan fingerprint density at radius 2 is 1.76 bits per heavy atom. The fraction of sp³-hybridized carbons (Fsp3) is 0.647. The second-order valence-corrected chi connectivity index (χ2v) is 7.15. The lowest BCUT2D eigenvalue weighted by molar-refractivity contribution is -0.144. The summed E-state index contributed by atoms with van der Waals surface area (Å²) in [5.41, 5.74) is 6.08. The molecule has 8 heteroatoms. The number of nitrogens with two attached hydrogens (primary N) is 1. The summed E-state index contributed by atoms with van der Waals surface area (Å²) in [4.78, 5) is 49.8. The zero-order valence-electron chi connectivity index (χ0n) is 14.1. The lowest BCUT2D eigenvalue weighted by atomic mass is 9.67. The molecule has 2 bridgehead atoms. The molecule has 2 unspecified atom stereocenters. The maximum atomic E-state index is 12.4. The van der Waals surface area contributed by atoms with Crippen LogP contribution < -0.4 is 11.1 Å². The standard InChI is InChI=1S/C17H24N4O4/c1-2-6-20-15(23)16(24)21(17(20)25)9-13(22)19-14-10-4-3-5-11(14)8-12(18)7-10/h2,10-12,14H,1,3-9,18H2,(H,19,22). The number of carbonyl (C=O) groups is 4. The molecule has 5 amide bonds. The third kappa shape index (κ3) is 3.30. The Hall–Kier alpha value is -2.22. The first-order valence-corrected chi connectivity index (χ1v) is 8.75. The first-order valence-electron chi connectivity index (χ1n) is 8.75. The van der Waals surface area contributed by atoms with E-state index >= 15 is 0 Å². The summed E-state index contributed by atoms with van der Waals surface area (Å²) >= 11 is 0. The first-order chi connectivity index (χ1) is 11.9. The number of nitrogens with one attached hydrogen (secondary N) is 1. The van der Waals surface area contributed by atoms with Gasteiger partial charge in [0.2, 0.25) is 5.91 Å². The average molecular weight is 348 g/mol. The van der Waals surface area contributed by atoms with Crippen molar-refractivity contribution < 1.29 is 19.2 Å². The van der Waals surface area contributed by atoms with Crippen LogP contribution in [-0.4, -0.2) is 58.7 Å². The number of carbonyl (C=O) groups excluding carboxylic acids is 4. The number of urea groups is 1. The smallest absolute Gasteiger partial charge is 0.335 e. The van der Waals surface area contributed by atoms with Gasteiger partial charge in [-0.1, -0.05) is 12.5 Å². The SMILES string of the molecule is C=CCN1C(=O)C(=O)N(CC(=O)NC2C3CCCC2CC(N)C3)C1=O. The zero-order chi connectivity index (χ0) is 18.1. The van der Waals surface area contributed by atoms with Crippen molar-refractivity contribution in [2.75, 3.05) is 13.1 Å². The summed E-state index contributed by atoms with van der Waals surface area (Å²) in [6.45, 7) is 2.97. The van der Waals surface area contributed by atoms with E-state index in [1.54, 1.807) is 0 Å². The van der Waals surface area contributed by atoms with Crippen LogP contribution in [-0.2, 0) is 14.4 Å². The van der Waals surface area contributed by atoms with E-state index in [1.165, 1.54) is 6.08 Å². The third-order valence-corrected chi connectivity index (χ3v) is 5.45. The summed E-state index contributed by atoms with van der Waals surface area (Å²) in [6.07, 6.45) is 6.33. The molecule has 0 aromatic rings. The lowest BCUT2D eigenvalue weighted by Crippen LogP contribution is -2.55. The molecule has 3 fully saturated rings. The average Bonchev–Trinajstić information content (AvgIpc) is 2.74. The molecule has 3 N–H and O–H groups in total. The Morgan fingerprint density at radius 3 is 2.36 bits per heavy atom. The number of fused-ring (bicyclic) bond motifs is 2. The van der Waals surface area contributed by atoms with Gasteiger partial charge in [0.1, 0.15) is 6.54 Å². The largest absolute Gasteiger partial charge is 0.351 e. The van der Waals surface area contributed by atoms with Gasteiger partial charge < -0.3 is 11.1 Å². The van der Waals surface area contributed by atoms with E-state index in [0.717, 1.165) is 37.0 Å². The van der Waals surface area contributed by atoms with Gasteiger partial charge in [0.25, 0.3) is 0 Å². The maximum Gasteiger partial charge on any atom is 0.335 e. The Labute approximate surface area is 146 Å². The van der Waals surface area contributed by atoms with Crippen LogP contribution in [0.15, 0.2) is 12.7 Å². The molecule has 0 aromatic heterocycles. The predicted octanol–water partition coefficient (Wildman–Crippen LogP) is -0.0146. The van der Waals surface area contributed by atoms with Crippen LogP contribution in [0, 0.1) is 11.8 Å². The molecule has 2 aliphatic carbocycles. The van der Waals surface area contributed by atoms with Gasteiger partial charge >= 0.3 is 17.8 Å². The fourth-order valence-corrected chi connectivity index (χ4v) is 4.38. The number of rotatable bonds is 5. The van der Waals surface area contributed by atoms with Gasteiger partial charge in [-0.15, -0.1) is 6.58 Å². The number of hydrogen-bond donors (Lipinski definition) is 2. The monoisotopic (exact) mass is 348 g/mol. The predicted molar refractivity (Wildman–Crippen MR) is 89.0 cm³/mol. The molecule has 3 aliphatic rings. The van der Waals surface area contributed by atoms with E-state index in [9.17, 15) is 19.2 Å². The zero-order valence-corrected chi connectivity index (χ0v) is 14.1. The number of nitrogens with zero attached hydrogens (tertiary/aromatic N) is 2. The molecule has 1 heterocycles. The van der Waals surface area contributed by atoms with Gasteiger partial charge in [0.05, 0.1) is 0 Å². The summed E-state index contributed by atoms with van der Waals surface area (Å²) in [7, 11) is 0. The molecule has 0 spiro atoms. The number of amides is 5. The highest BCUT2D eigenvalue weighted by Gasteiger charge is 2.45. The van der Waals surface area contributed by atoms with Crippen LogP contribution in [0.3, 0.4) is 0 Å². The number of hydrogen-bond acceptors (Lipinski definition) is 5. The minimum Gasteiger partial charge on any atom is -0.351 e. The van der Waals surface area contributed by atoms with Crippen LogP contribution in [0.5, 0.6) is 0 Å². The number of imide groups is 2. The van der Waals surface area contributed by atoms with Gasteiger partial charge in [-0.05, 0) is 37.5 Å². The van der Waals surface area contributed by atoms with E-state index in [-0.39, 0.29) is 18.6 Å². The van der Waals surface area contributed by atoms with Crippen LogP contribution in [0.1, 0.15) is 32.1 Å². The van der Waals surface area contributed by atoms with Crippen molar-refractivity contribution in [1.29, 1.82) is 0 Å². The highest BCUT2D eigenvalue weighted by Crippen LogP contribution is 2.39. The van der Waals surface area contributed by atoms with Gasteiger partial charge in [0.15, 0.2) is 0 Å². The Balaban J connectivity index is 1.63. The van der Waals surface area contributed by atoms with E-state index in [4.69, 9.17) is 5.73 Å². The van der Waals surface area contributed by atoms with E-state index in [0.29, 0.717) is 16.7 Å². The minimum absolute atomic E-state index is 0.0360. The summed E-state index contributed by atoms with van der Waals surface area (Å²) in [5.74, 6) is -1.61. The molecule has 2 atom stereocenters. The molecule has 8 nitrogen and oxygen atoms in total. The normalized spacial score (nSPS) is 32.1. The van der Waals surface area contributed by atoms with Gasteiger partial charge in [-0.2, -0.15) is 0 Å². The molecular weight excluding hydrogens is 324 g/mol. The first kappa shape index (κ1) is 17.6. The van der Waals surface area contributed by atoms with Crippen molar-refractivity contribution in [1.82, 2.24) is 15.1 Å². The van der Waals surface area contributed by atoms with Crippen molar-refractivity contribution in [3.8, 4) is 0 Å². The van der Waals surface area contributed by atoms with E-state index in [1.807, 2.05) is 0 Å². The van der Waals surface area contributed by atoms with Crippen molar-refractivity contribution in [2.45, 2.75) is 44.2 Å². The molecule has 3 rings (SSSR count). The van der Waals surface area contributed by atoms with Gasteiger partial charge in [0, 0.05) is 18.6 Å². The van der Waals surface area contributed by atoms with Crippen LogP contribution in [0.2, 0.25) is 0 Å². The van der Waals surface area contributed by atoms with Crippen LogP contribution >= 0.6 is 0 Å². The van der Waals surface area contributed by atoms with Gasteiger partial charge in [-0.25, -0.2) is 9.69 Å². The molecule has 25 heavy (non-hydrogen) atoms. The maximum absolute atomic E-state index is 12.4. The second-order valence-electron chi connectivity index (χ2n) is 7.15. The molecule has 1 aliphatic heterocycles. The summed E-state index contributed by atoms with van der Waals surface area (Å²) in [6, 6.07) is -0.556. The molecular formula is C17H24N4O4. The highest BCUT2D eigenvalue weighted by molar-refractivity contribution is 6.45. The summed E-state index contributed by atoms with van der Waals surface area (Å²) in [5, 5.41) is 2.98. The molecule has 1 saturated heterocycles. The lowest BCUT2D eigenvalue weighted by Gasteiger charge is -2.45. The Bertz CT molecular complexity index is 606. The topological polar surface area (TPSA) is 113 Å². The van der Waals surface area contributed by atoms with Crippen molar-refractivity contribution in [3.05, 3.63) is 12.7 Å². The minimum atomic E-state index is -0.965. The van der Waals surface area contributed by atoms with Gasteiger partial charge in [-0.3, -0.25) is 19.3 Å². The van der Waals surface area contributed by atoms with E-state index < -0.39 is 30.3 Å². The summed E-state index contributed by atoms with van der Waals surface area (Å²) < 4.78 is 0. The molecule has 0 aromatic carbocycles. The van der Waals surface area contributed by atoms with Crippen molar-refractivity contribution in [2.24, 2.45) is 17.6 Å². The van der Waals surface area contributed by atoms with Crippen molar-refractivity contribution in [3.63, 3.8) is 0 Å². The third-order valence-electron chi connectivity index (χ3n) is 5.45. The molecule has 2 saturated carbocycles. The van der Waals surface area contributed by atoms with Crippen LogP contribution in [0.25, 0.3) is 0 Å². The molecule has 136 valence electrons. The Kier molecular flexibility index (Phi) is 4.89. The fourth-order valence-electron chi connectivity index (χ4n) is 4.38. The molecule has 0 radical (unpaired) electrons. The van der Waals surface area contributed by atoms with Crippen molar-refractivity contribution >= 4 is 23.8 Å².